The smallest absolute Gasteiger partial charge is 0.242 e. The average Bonchev–Trinajstić information content (AvgIpc) is 2.86. The SMILES string of the molecule is CCCCNC(=O)[C@@H](C)N(Cc1ccc(Cl)cc1)C(=O)CCCN(c1ccc(OCC)cc1)S(C)(=O)=O. The molecule has 0 heterocycles. The van der Waals surface area contributed by atoms with Crippen molar-refractivity contribution in [2.24, 2.45) is 0 Å². The molecule has 0 aromatic heterocycles. The third-order valence-corrected chi connectivity index (χ3v) is 7.30. The lowest BCUT2D eigenvalue weighted by atomic mass is 10.1. The van der Waals surface area contributed by atoms with Gasteiger partial charge in [-0.3, -0.25) is 13.9 Å². The molecule has 0 spiro atoms. The number of halogens is 1. The summed E-state index contributed by atoms with van der Waals surface area (Å²) in [6.45, 7) is 7.06. The van der Waals surface area contributed by atoms with Gasteiger partial charge in [-0.1, -0.05) is 37.1 Å². The van der Waals surface area contributed by atoms with Gasteiger partial charge in [0.05, 0.1) is 18.6 Å². The van der Waals surface area contributed by atoms with E-state index in [9.17, 15) is 18.0 Å². The Labute approximate surface area is 226 Å². The molecule has 37 heavy (non-hydrogen) atoms. The summed E-state index contributed by atoms with van der Waals surface area (Å²) in [6, 6.07) is 13.2. The highest BCUT2D eigenvalue weighted by atomic mass is 35.5. The third-order valence-electron chi connectivity index (χ3n) is 5.85. The third kappa shape index (κ3) is 9.89. The maximum atomic E-state index is 13.3. The zero-order valence-electron chi connectivity index (χ0n) is 22.1. The largest absolute Gasteiger partial charge is 0.494 e. The fourth-order valence-corrected chi connectivity index (χ4v) is 4.88. The van der Waals surface area contributed by atoms with Crippen molar-refractivity contribution in [3.05, 3.63) is 59.1 Å². The van der Waals surface area contributed by atoms with E-state index in [0.29, 0.717) is 36.0 Å². The molecule has 0 saturated heterocycles. The quantitative estimate of drug-likeness (QED) is 0.326. The molecule has 204 valence electrons. The summed E-state index contributed by atoms with van der Waals surface area (Å²) >= 11 is 6.00. The van der Waals surface area contributed by atoms with Gasteiger partial charge in [-0.05, 0) is 68.7 Å². The Morgan fingerprint density at radius 2 is 1.68 bits per heavy atom. The number of rotatable bonds is 15. The minimum atomic E-state index is -3.57. The van der Waals surface area contributed by atoms with Crippen molar-refractivity contribution in [1.29, 1.82) is 0 Å². The number of carbonyl (C=O) groups excluding carboxylic acids is 2. The van der Waals surface area contributed by atoms with Crippen LogP contribution in [0.3, 0.4) is 0 Å². The number of amides is 2. The number of hydrogen-bond donors (Lipinski definition) is 1. The summed E-state index contributed by atoms with van der Waals surface area (Å²) in [5.41, 5.74) is 1.35. The van der Waals surface area contributed by atoms with Crippen molar-refractivity contribution >= 4 is 39.1 Å². The highest BCUT2D eigenvalue weighted by Crippen LogP contribution is 2.23. The monoisotopic (exact) mass is 551 g/mol. The van der Waals surface area contributed by atoms with E-state index in [0.717, 1.165) is 24.7 Å². The van der Waals surface area contributed by atoms with Gasteiger partial charge in [-0.15, -0.1) is 0 Å². The second kappa shape index (κ2) is 14.8. The maximum absolute atomic E-state index is 13.3. The number of anilines is 1. The minimum Gasteiger partial charge on any atom is -0.494 e. The maximum Gasteiger partial charge on any atom is 0.242 e. The Kier molecular flexibility index (Phi) is 12.2. The molecule has 2 rings (SSSR count). The lowest BCUT2D eigenvalue weighted by Gasteiger charge is -2.29. The van der Waals surface area contributed by atoms with Crippen LogP contribution >= 0.6 is 11.6 Å². The van der Waals surface area contributed by atoms with E-state index in [2.05, 4.69) is 5.32 Å². The predicted octanol–water partition coefficient (Wildman–Crippen LogP) is 4.62. The van der Waals surface area contributed by atoms with Crippen LogP contribution in [0, 0.1) is 0 Å². The Bertz CT molecular complexity index is 1110. The molecule has 0 aliphatic rings. The Balaban J connectivity index is 2.12. The van der Waals surface area contributed by atoms with Crippen LogP contribution in [0.15, 0.2) is 48.5 Å². The average molecular weight is 552 g/mol. The number of nitrogens with zero attached hydrogens (tertiary/aromatic N) is 2. The molecule has 0 aliphatic carbocycles. The van der Waals surface area contributed by atoms with E-state index in [1.807, 2.05) is 26.0 Å². The molecular weight excluding hydrogens is 514 g/mol. The molecule has 1 N–H and O–H groups in total. The van der Waals surface area contributed by atoms with Crippen molar-refractivity contribution in [1.82, 2.24) is 10.2 Å². The fourth-order valence-electron chi connectivity index (χ4n) is 3.78. The molecule has 2 aromatic rings. The highest BCUT2D eigenvalue weighted by molar-refractivity contribution is 7.92. The van der Waals surface area contributed by atoms with Crippen LogP contribution in [-0.2, 0) is 26.2 Å². The van der Waals surface area contributed by atoms with Crippen LogP contribution in [0.2, 0.25) is 5.02 Å². The first-order valence-corrected chi connectivity index (χ1v) is 14.8. The number of carbonyl (C=O) groups is 2. The second-order valence-electron chi connectivity index (χ2n) is 8.83. The topological polar surface area (TPSA) is 96.0 Å². The van der Waals surface area contributed by atoms with Crippen molar-refractivity contribution < 1.29 is 22.7 Å². The molecule has 0 bridgehead atoms. The van der Waals surface area contributed by atoms with Gasteiger partial charge in [0.1, 0.15) is 11.8 Å². The molecule has 8 nitrogen and oxygen atoms in total. The highest BCUT2D eigenvalue weighted by Gasteiger charge is 2.26. The lowest BCUT2D eigenvalue weighted by Crippen LogP contribution is -2.47. The number of sulfonamides is 1. The first kappa shape index (κ1) is 30.4. The summed E-state index contributed by atoms with van der Waals surface area (Å²) in [7, 11) is -3.57. The standard InChI is InChI=1S/C27H38ClN3O5S/c1-5-7-18-29-27(33)21(3)30(20-22-10-12-23(28)13-11-22)26(32)9-8-19-31(37(4,34)35)24-14-16-25(17-15-24)36-6-2/h10-17,21H,5-9,18-20H2,1-4H3,(H,29,33)/t21-/m1/s1. The van der Waals surface area contributed by atoms with E-state index in [-0.39, 0.29) is 31.3 Å². The van der Waals surface area contributed by atoms with Crippen LogP contribution < -0.4 is 14.4 Å². The van der Waals surface area contributed by atoms with E-state index in [1.54, 1.807) is 43.3 Å². The van der Waals surface area contributed by atoms with Gasteiger partial charge in [-0.2, -0.15) is 0 Å². The van der Waals surface area contributed by atoms with Gasteiger partial charge >= 0.3 is 0 Å². The number of hydrogen-bond acceptors (Lipinski definition) is 5. The van der Waals surface area contributed by atoms with E-state index in [4.69, 9.17) is 16.3 Å². The fraction of sp³-hybridized carbons (Fsp3) is 0.481. The number of nitrogens with one attached hydrogen (secondary N) is 1. The Hall–Kier alpha value is -2.78. The zero-order valence-corrected chi connectivity index (χ0v) is 23.6. The molecule has 0 radical (unpaired) electrons. The summed E-state index contributed by atoms with van der Waals surface area (Å²) in [6.07, 6.45) is 3.33. The van der Waals surface area contributed by atoms with Crippen LogP contribution in [0.1, 0.15) is 52.0 Å². The van der Waals surface area contributed by atoms with Crippen molar-refractivity contribution in [3.63, 3.8) is 0 Å². The van der Waals surface area contributed by atoms with Crippen molar-refractivity contribution in [3.8, 4) is 5.75 Å². The van der Waals surface area contributed by atoms with E-state index < -0.39 is 16.1 Å². The van der Waals surface area contributed by atoms with Crippen molar-refractivity contribution in [2.75, 3.05) is 30.3 Å². The number of benzene rings is 2. The first-order valence-electron chi connectivity index (χ1n) is 12.6. The van der Waals surface area contributed by atoms with Crippen molar-refractivity contribution in [2.45, 2.75) is 59.0 Å². The Morgan fingerprint density at radius 1 is 1.03 bits per heavy atom. The minimum absolute atomic E-state index is 0.0865. The molecule has 2 amide bonds. The normalized spacial score (nSPS) is 12.0. The zero-order chi connectivity index (χ0) is 27.4. The molecule has 0 aliphatic heterocycles. The van der Waals surface area contributed by atoms with E-state index in [1.165, 1.54) is 9.21 Å². The predicted molar refractivity (Wildman–Crippen MR) is 148 cm³/mol. The van der Waals surface area contributed by atoms with Gasteiger partial charge in [0, 0.05) is 31.1 Å². The molecule has 0 unspecified atom stereocenters. The number of ether oxygens (including phenoxy) is 1. The number of unbranched alkanes of at least 4 members (excludes halogenated alkanes) is 1. The van der Waals surface area contributed by atoms with Crippen LogP contribution in [-0.4, -0.2) is 57.1 Å². The van der Waals surface area contributed by atoms with Crippen LogP contribution in [0.4, 0.5) is 5.69 Å². The summed E-state index contributed by atoms with van der Waals surface area (Å²) in [4.78, 5) is 27.6. The van der Waals surface area contributed by atoms with Gasteiger partial charge < -0.3 is 15.0 Å². The second-order valence-corrected chi connectivity index (χ2v) is 11.2. The molecular formula is C27H38ClN3O5S. The van der Waals surface area contributed by atoms with Crippen LogP contribution in [0.5, 0.6) is 5.75 Å². The molecule has 10 heteroatoms. The van der Waals surface area contributed by atoms with E-state index >= 15 is 0 Å². The Morgan fingerprint density at radius 3 is 2.24 bits per heavy atom. The molecule has 0 saturated carbocycles. The molecule has 0 fully saturated rings. The summed E-state index contributed by atoms with van der Waals surface area (Å²) in [5, 5.41) is 3.48. The van der Waals surface area contributed by atoms with Gasteiger partial charge in [0.2, 0.25) is 21.8 Å². The summed E-state index contributed by atoms with van der Waals surface area (Å²) in [5.74, 6) is 0.204. The van der Waals surface area contributed by atoms with Crippen LogP contribution in [0.25, 0.3) is 0 Å². The molecule has 2 aromatic carbocycles. The lowest BCUT2D eigenvalue weighted by molar-refractivity contribution is -0.140. The van der Waals surface area contributed by atoms with Gasteiger partial charge in [-0.25, -0.2) is 8.42 Å². The summed E-state index contributed by atoms with van der Waals surface area (Å²) < 4.78 is 31.7. The molecule has 1 atom stereocenters. The van der Waals surface area contributed by atoms with Gasteiger partial charge in [0.25, 0.3) is 0 Å². The van der Waals surface area contributed by atoms with Gasteiger partial charge in [0.15, 0.2) is 0 Å². The first-order chi connectivity index (χ1) is 17.6.